The van der Waals surface area contributed by atoms with Crippen LogP contribution >= 0.6 is 11.3 Å². The van der Waals surface area contributed by atoms with E-state index in [1.54, 1.807) is 30.3 Å². The van der Waals surface area contributed by atoms with E-state index in [-0.39, 0.29) is 11.8 Å². The Morgan fingerprint density at radius 1 is 1.24 bits per heavy atom. The Balaban J connectivity index is 2.20. The van der Waals surface area contributed by atoms with Crippen LogP contribution in [0.3, 0.4) is 0 Å². The molecule has 0 saturated carbocycles. The second-order valence-electron chi connectivity index (χ2n) is 4.43. The quantitative estimate of drug-likeness (QED) is 0.833. The van der Waals surface area contributed by atoms with E-state index in [0.29, 0.717) is 22.7 Å². The van der Waals surface area contributed by atoms with E-state index in [1.807, 2.05) is 18.4 Å². The van der Waals surface area contributed by atoms with E-state index in [9.17, 15) is 9.59 Å². The molecule has 4 nitrogen and oxygen atoms in total. The number of carbonyl (C=O) groups excluding carboxylic acids is 2. The van der Waals surface area contributed by atoms with Crippen molar-refractivity contribution in [2.75, 3.05) is 11.9 Å². The third kappa shape index (κ3) is 3.58. The van der Waals surface area contributed by atoms with E-state index in [2.05, 4.69) is 17.2 Å². The predicted octanol–water partition coefficient (Wildman–Crippen LogP) is 3.22. The van der Waals surface area contributed by atoms with Crippen LogP contribution in [0.2, 0.25) is 0 Å². The third-order valence-electron chi connectivity index (χ3n) is 2.90. The number of rotatable bonds is 5. The lowest BCUT2D eigenvalue weighted by molar-refractivity contribution is 0.0959. The molecule has 1 heterocycles. The smallest absolute Gasteiger partial charge is 0.266 e. The first-order valence-electron chi connectivity index (χ1n) is 6.47. The Morgan fingerprint density at radius 3 is 2.67 bits per heavy atom. The van der Waals surface area contributed by atoms with Crippen molar-refractivity contribution in [1.82, 2.24) is 5.32 Å². The molecule has 0 saturated heterocycles. The first kappa shape index (κ1) is 15.0. The van der Waals surface area contributed by atoms with Crippen molar-refractivity contribution in [3.63, 3.8) is 0 Å². The summed E-state index contributed by atoms with van der Waals surface area (Å²) in [5.74, 6) is -0.444. The molecule has 0 bridgehead atoms. The van der Waals surface area contributed by atoms with Gasteiger partial charge in [-0.1, -0.05) is 18.2 Å². The van der Waals surface area contributed by atoms with Crippen molar-refractivity contribution in [2.24, 2.45) is 0 Å². The Labute approximate surface area is 127 Å². The van der Waals surface area contributed by atoms with Crippen LogP contribution in [0.5, 0.6) is 0 Å². The number of para-hydroxylation sites is 1. The van der Waals surface area contributed by atoms with Crippen molar-refractivity contribution >= 4 is 28.8 Å². The largest absolute Gasteiger partial charge is 0.349 e. The highest BCUT2D eigenvalue weighted by molar-refractivity contribution is 7.12. The van der Waals surface area contributed by atoms with Crippen LogP contribution < -0.4 is 10.6 Å². The monoisotopic (exact) mass is 300 g/mol. The van der Waals surface area contributed by atoms with Gasteiger partial charge < -0.3 is 10.6 Å². The van der Waals surface area contributed by atoms with Crippen LogP contribution in [-0.4, -0.2) is 18.4 Å². The van der Waals surface area contributed by atoms with Gasteiger partial charge in [-0.2, -0.15) is 0 Å². The molecular weight excluding hydrogens is 284 g/mol. The van der Waals surface area contributed by atoms with Crippen molar-refractivity contribution in [3.05, 3.63) is 64.4 Å². The number of nitrogens with one attached hydrogen (secondary N) is 2. The number of thiophene rings is 1. The number of aryl methyl sites for hydroxylation is 1. The molecule has 5 heteroatoms. The summed E-state index contributed by atoms with van der Waals surface area (Å²) in [6.07, 6.45) is 1.61. The molecule has 0 radical (unpaired) electrons. The van der Waals surface area contributed by atoms with Gasteiger partial charge in [0.1, 0.15) is 0 Å². The van der Waals surface area contributed by atoms with E-state index >= 15 is 0 Å². The summed E-state index contributed by atoms with van der Waals surface area (Å²) in [6.45, 7) is 5.82. The highest BCUT2D eigenvalue weighted by Crippen LogP contribution is 2.20. The first-order chi connectivity index (χ1) is 10.1. The topological polar surface area (TPSA) is 58.2 Å². The zero-order valence-corrected chi connectivity index (χ0v) is 12.5. The van der Waals surface area contributed by atoms with Crippen LogP contribution in [0.4, 0.5) is 5.69 Å². The molecule has 2 aromatic rings. The second-order valence-corrected chi connectivity index (χ2v) is 5.35. The molecule has 0 atom stereocenters. The lowest BCUT2D eigenvalue weighted by Crippen LogP contribution is -2.25. The van der Waals surface area contributed by atoms with Crippen molar-refractivity contribution < 1.29 is 9.59 Å². The lowest BCUT2D eigenvalue weighted by Gasteiger charge is -2.10. The van der Waals surface area contributed by atoms with Gasteiger partial charge in [0, 0.05) is 6.54 Å². The highest BCUT2D eigenvalue weighted by atomic mass is 32.1. The summed E-state index contributed by atoms with van der Waals surface area (Å²) in [5.41, 5.74) is 1.85. The molecule has 0 aliphatic heterocycles. The minimum atomic E-state index is -0.242. The molecule has 2 rings (SSSR count). The van der Waals surface area contributed by atoms with Gasteiger partial charge in [0.05, 0.1) is 16.1 Å². The zero-order chi connectivity index (χ0) is 15.2. The SMILES string of the molecule is C=CCNC(=O)c1ccccc1NC(=O)c1sccc1C. The van der Waals surface area contributed by atoms with E-state index in [4.69, 9.17) is 0 Å². The minimum Gasteiger partial charge on any atom is -0.349 e. The molecule has 21 heavy (non-hydrogen) atoms. The fraction of sp³-hybridized carbons (Fsp3) is 0.125. The van der Waals surface area contributed by atoms with Crippen LogP contribution in [0.1, 0.15) is 25.6 Å². The molecule has 0 fully saturated rings. The maximum absolute atomic E-state index is 12.2. The number of amides is 2. The third-order valence-corrected chi connectivity index (χ3v) is 3.91. The maximum atomic E-state index is 12.2. The van der Waals surface area contributed by atoms with Gasteiger partial charge in [-0.3, -0.25) is 9.59 Å². The number of benzene rings is 1. The fourth-order valence-electron chi connectivity index (χ4n) is 1.83. The van der Waals surface area contributed by atoms with Gasteiger partial charge in [0.2, 0.25) is 0 Å². The second kappa shape index (κ2) is 6.85. The Hall–Kier alpha value is -2.40. The molecule has 0 aliphatic rings. The van der Waals surface area contributed by atoms with Crippen molar-refractivity contribution in [1.29, 1.82) is 0 Å². The van der Waals surface area contributed by atoms with Gasteiger partial charge in [0.25, 0.3) is 11.8 Å². The minimum absolute atomic E-state index is 0.202. The van der Waals surface area contributed by atoms with E-state index < -0.39 is 0 Å². The maximum Gasteiger partial charge on any atom is 0.266 e. The lowest BCUT2D eigenvalue weighted by atomic mass is 10.1. The summed E-state index contributed by atoms with van der Waals surface area (Å²) < 4.78 is 0. The molecule has 108 valence electrons. The normalized spacial score (nSPS) is 9.95. The molecular formula is C16H16N2O2S. The summed E-state index contributed by atoms with van der Waals surface area (Å²) in [6, 6.07) is 8.82. The van der Waals surface area contributed by atoms with Gasteiger partial charge in [0.15, 0.2) is 0 Å². The average molecular weight is 300 g/mol. The van der Waals surface area contributed by atoms with Crippen LogP contribution in [0.25, 0.3) is 0 Å². The number of hydrogen-bond donors (Lipinski definition) is 2. The van der Waals surface area contributed by atoms with Crippen molar-refractivity contribution in [2.45, 2.75) is 6.92 Å². The summed E-state index contributed by atoms with van der Waals surface area (Å²) in [4.78, 5) is 24.9. The first-order valence-corrected chi connectivity index (χ1v) is 7.35. The summed E-state index contributed by atoms with van der Waals surface area (Å²) >= 11 is 1.38. The molecule has 0 spiro atoms. The van der Waals surface area contributed by atoms with Crippen LogP contribution in [-0.2, 0) is 0 Å². The van der Waals surface area contributed by atoms with Crippen molar-refractivity contribution in [3.8, 4) is 0 Å². The molecule has 1 aromatic heterocycles. The van der Waals surface area contributed by atoms with Crippen LogP contribution in [0, 0.1) is 6.92 Å². The molecule has 0 aliphatic carbocycles. The van der Waals surface area contributed by atoms with Gasteiger partial charge >= 0.3 is 0 Å². The van der Waals surface area contributed by atoms with Gasteiger partial charge in [-0.15, -0.1) is 17.9 Å². The summed E-state index contributed by atoms with van der Waals surface area (Å²) in [5, 5.41) is 7.37. The number of carbonyl (C=O) groups is 2. The van der Waals surface area contributed by atoms with E-state index in [1.165, 1.54) is 11.3 Å². The number of anilines is 1. The molecule has 0 unspecified atom stereocenters. The fourth-order valence-corrected chi connectivity index (χ4v) is 2.65. The molecule has 2 amide bonds. The standard InChI is InChI=1S/C16H16N2O2S/c1-3-9-17-15(19)12-6-4-5-7-13(12)18-16(20)14-11(2)8-10-21-14/h3-8,10H,1,9H2,2H3,(H,17,19)(H,18,20). The van der Waals surface area contributed by atoms with Gasteiger partial charge in [-0.25, -0.2) is 0 Å². The molecule has 1 aromatic carbocycles. The zero-order valence-electron chi connectivity index (χ0n) is 11.7. The average Bonchev–Trinajstić information content (AvgIpc) is 2.91. The Kier molecular flexibility index (Phi) is 4.90. The van der Waals surface area contributed by atoms with E-state index in [0.717, 1.165) is 5.56 Å². The summed E-state index contributed by atoms with van der Waals surface area (Å²) in [7, 11) is 0. The highest BCUT2D eigenvalue weighted by Gasteiger charge is 2.15. The van der Waals surface area contributed by atoms with Crippen LogP contribution in [0.15, 0.2) is 48.4 Å². The number of hydrogen-bond acceptors (Lipinski definition) is 3. The molecule has 2 N–H and O–H groups in total. The Bertz CT molecular complexity index is 676. The Morgan fingerprint density at radius 2 is 2.00 bits per heavy atom. The van der Waals surface area contributed by atoms with Gasteiger partial charge in [-0.05, 0) is 36.1 Å². The predicted molar refractivity (Wildman–Crippen MR) is 86.0 cm³/mol.